The van der Waals surface area contributed by atoms with Crippen LogP contribution in [0, 0.1) is 0 Å². The summed E-state index contributed by atoms with van der Waals surface area (Å²) in [4.78, 5) is 23.7. The third-order valence-electron chi connectivity index (χ3n) is 3.47. The number of morpholine rings is 1. The largest absolute Gasteiger partial charge is 0.465 e. The molecule has 25 heavy (non-hydrogen) atoms. The lowest BCUT2D eigenvalue weighted by atomic mass is 10.1. The molecule has 0 bridgehead atoms. The zero-order valence-corrected chi connectivity index (χ0v) is 15.5. The Morgan fingerprint density at radius 1 is 1.36 bits per heavy atom. The van der Waals surface area contributed by atoms with Crippen LogP contribution in [0.15, 0.2) is 23.1 Å². The van der Waals surface area contributed by atoms with Crippen molar-refractivity contribution in [3.05, 3.63) is 23.8 Å². The summed E-state index contributed by atoms with van der Waals surface area (Å²) in [5, 5.41) is 5.77. The van der Waals surface area contributed by atoms with E-state index in [0.29, 0.717) is 19.8 Å². The number of benzene rings is 1. The highest BCUT2D eigenvalue weighted by molar-refractivity contribution is 7.90. The molecular formula is C15H21ClN2O6S. The second-order valence-electron chi connectivity index (χ2n) is 5.49. The smallest absolute Gasteiger partial charge is 0.337 e. The fourth-order valence-corrected chi connectivity index (χ4v) is 2.99. The molecule has 140 valence electrons. The summed E-state index contributed by atoms with van der Waals surface area (Å²) in [7, 11) is -2.35. The molecule has 1 heterocycles. The maximum Gasteiger partial charge on any atom is 0.337 e. The van der Waals surface area contributed by atoms with Gasteiger partial charge in [0.1, 0.15) is 0 Å². The molecular weight excluding hydrogens is 372 g/mol. The molecule has 10 heteroatoms. The minimum absolute atomic E-state index is 0. The second-order valence-corrected chi connectivity index (χ2v) is 7.50. The summed E-state index contributed by atoms with van der Waals surface area (Å²) in [5.74, 6) is -0.988. The van der Waals surface area contributed by atoms with Gasteiger partial charge in [0.2, 0.25) is 5.91 Å². The standard InChI is InChI=1S/C15H20N2O6S.ClH/c1-22-15(19)10-5-11(7-13(6-10)24(2,20)21)17-14(18)8-12-9-23-4-3-16-12;/h5-7,12,16H,3-4,8-9H2,1-2H3,(H,17,18);1H. The van der Waals surface area contributed by atoms with Crippen LogP contribution < -0.4 is 10.6 Å². The van der Waals surface area contributed by atoms with Gasteiger partial charge in [-0.25, -0.2) is 13.2 Å². The van der Waals surface area contributed by atoms with Crippen molar-refractivity contribution in [2.45, 2.75) is 17.4 Å². The summed E-state index contributed by atoms with van der Waals surface area (Å²) < 4.78 is 33.4. The molecule has 0 saturated carbocycles. The summed E-state index contributed by atoms with van der Waals surface area (Å²) >= 11 is 0. The topological polar surface area (TPSA) is 111 Å². The molecule has 8 nitrogen and oxygen atoms in total. The molecule has 1 aromatic carbocycles. The van der Waals surface area contributed by atoms with Crippen LogP contribution in [0.3, 0.4) is 0 Å². The maximum absolute atomic E-state index is 12.1. The monoisotopic (exact) mass is 392 g/mol. The van der Waals surface area contributed by atoms with E-state index in [2.05, 4.69) is 15.4 Å². The van der Waals surface area contributed by atoms with Gasteiger partial charge in [-0.15, -0.1) is 12.4 Å². The van der Waals surface area contributed by atoms with Gasteiger partial charge in [-0.1, -0.05) is 0 Å². The van der Waals surface area contributed by atoms with E-state index in [9.17, 15) is 18.0 Å². The van der Waals surface area contributed by atoms with Crippen molar-refractivity contribution in [3.8, 4) is 0 Å². The van der Waals surface area contributed by atoms with Gasteiger partial charge in [0.05, 0.1) is 30.8 Å². The number of halogens is 1. The Kier molecular flexibility index (Phi) is 7.81. The predicted molar refractivity (Wildman–Crippen MR) is 94.0 cm³/mol. The van der Waals surface area contributed by atoms with Gasteiger partial charge < -0.3 is 20.1 Å². The zero-order chi connectivity index (χ0) is 17.7. The van der Waals surface area contributed by atoms with Gasteiger partial charge in [0.15, 0.2) is 9.84 Å². The number of rotatable bonds is 5. The summed E-state index contributed by atoms with van der Waals surface area (Å²) in [6.07, 6.45) is 1.20. The van der Waals surface area contributed by atoms with E-state index >= 15 is 0 Å². The van der Waals surface area contributed by atoms with Gasteiger partial charge in [-0.3, -0.25) is 4.79 Å². The van der Waals surface area contributed by atoms with Gasteiger partial charge >= 0.3 is 5.97 Å². The molecule has 1 saturated heterocycles. The number of hydrogen-bond acceptors (Lipinski definition) is 7. The van der Waals surface area contributed by atoms with E-state index in [0.717, 1.165) is 6.26 Å². The van der Waals surface area contributed by atoms with Crippen LogP contribution in [0.1, 0.15) is 16.8 Å². The number of amides is 1. The minimum atomic E-state index is -3.54. The highest BCUT2D eigenvalue weighted by Gasteiger charge is 2.19. The van der Waals surface area contributed by atoms with Gasteiger partial charge in [0.25, 0.3) is 0 Å². The van der Waals surface area contributed by atoms with Gasteiger partial charge in [0, 0.05) is 31.0 Å². The normalized spacial score (nSPS) is 17.3. The SMILES string of the molecule is COC(=O)c1cc(NC(=O)CC2COCCN2)cc(S(C)(=O)=O)c1.Cl. The Balaban J connectivity index is 0.00000312. The average molecular weight is 393 g/mol. The van der Waals surface area contributed by atoms with Crippen molar-refractivity contribution in [1.82, 2.24) is 5.32 Å². The van der Waals surface area contributed by atoms with Crippen LogP contribution >= 0.6 is 12.4 Å². The molecule has 1 fully saturated rings. The van der Waals surface area contributed by atoms with Crippen LogP contribution in [0.4, 0.5) is 5.69 Å². The number of carbonyl (C=O) groups excluding carboxylic acids is 2. The molecule has 1 amide bonds. The number of hydrogen-bond donors (Lipinski definition) is 2. The molecule has 0 aromatic heterocycles. The number of nitrogens with one attached hydrogen (secondary N) is 2. The first kappa shape index (κ1) is 21.4. The Morgan fingerprint density at radius 3 is 2.64 bits per heavy atom. The average Bonchev–Trinajstić information content (AvgIpc) is 2.53. The van der Waals surface area contributed by atoms with E-state index in [1.54, 1.807) is 0 Å². The second kappa shape index (κ2) is 9.14. The Bertz CT molecular complexity index is 732. The fourth-order valence-electron chi connectivity index (χ4n) is 2.31. The lowest BCUT2D eigenvalue weighted by Gasteiger charge is -2.23. The fraction of sp³-hybridized carbons (Fsp3) is 0.467. The summed E-state index contributed by atoms with van der Waals surface area (Å²) in [6.45, 7) is 1.72. The van der Waals surface area contributed by atoms with Crippen molar-refractivity contribution < 1.29 is 27.5 Å². The van der Waals surface area contributed by atoms with Crippen molar-refractivity contribution in [2.75, 3.05) is 38.4 Å². The molecule has 0 radical (unpaired) electrons. The van der Waals surface area contributed by atoms with Crippen molar-refractivity contribution >= 4 is 39.8 Å². The van der Waals surface area contributed by atoms with E-state index in [-0.39, 0.29) is 46.9 Å². The van der Waals surface area contributed by atoms with Gasteiger partial charge in [-0.05, 0) is 18.2 Å². The first-order valence-electron chi connectivity index (χ1n) is 7.34. The molecule has 0 spiro atoms. The minimum Gasteiger partial charge on any atom is -0.465 e. The van der Waals surface area contributed by atoms with E-state index < -0.39 is 15.8 Å². The number of anilines is 1. The Labute approximate surface area is 152 Å². The third-order valence-corrected chi connectivity index (χ3v) is 4.56. The number of ether oxygens (including phenoxy) is 2. The molecule has 2 N–H and O–H groups in total. The predicted octanol–water partition coefficient (Wildman–Crippen LogP) is 0.616. The third kappa shape index (κ3) is 6.28. The Hall–Kier alpha value is -1.68. The summed E-state index contributed by atoms with van der Waals surface area (Å²) in [6, 6.07) is 3.80. The van der Waals surface area contributed by atoms with Crippen LogP contribution in [0.5, 0.6) is 0 Å². The molecule has 0 aliphatic carbocycles. The zero-order valence-electron chi connectivity index (χ0n) is 13.9. The number of carbonyl (C=O) groups is 2. The van der Waals surface area contributed by atoms with E-state index in [4.69, 9.17) is 4.74 Å². The molecule has 1 aromatic rings. The van der Waals surface area contributed by atoms with E-state index in [1.807, 2.05) is 0 Å². The van der Waals surface area contributed by atoms with Crippen LogP contribution in [0.25, 0.3) is 0 Å². The number of methoxy groups -OCH3 is 1. The maximum atomic E-state index is 12.1. The summed E-state index contributed by atoms with van der Waals surface area (Å²) in [5.41, 5.74) is 0.273. The van der Waals surface area contributed by atoms with Crippen molar-refractivity contribution in [1.29, 1.82) is 0 Å². The van der Waals surface area contributed by atoms with Crippen molar-refractivity contribution in [3.63, 3.8) is 0 Å². The lowest BCUT2D eigenvalue weighted by molar-refractivity contribution is -0.117. The number of sulfone groups is 1. The van der Waals surface area contributed by atoms with Crippen LogP contribution in [-0.2, 0) is 24.1 Å². The van der Waals surface area contributed by atoms with Gasteiger partial charge in [-0.2, -0.15) is 0 Å². The quantitative estimate of drug-likeness (QED) is 0.706. The van der Waals surface area contributed by atoms with Crippen LogP contribution in [-0.4, -0.2) is 59.5 Å². The van der Waals surface area contributed by atoms with Crippen molar-refractivity contribution in [2.24, 2.45) is 0 Å². The molecule has 1 atom stereocenters. The van der Waals surface area contributed by atoms with Crippen LogP contribution in [0.2, 0.25) is 0 Å². The lowest BCUT2D eigenvalue weighted by Crippen LogP contribution is -2.43. The molecule has 1 unspecified atom stereocenters. The molecule has 1 aliphatic rings. The highest BCUT2D eigenvalue weighted by Crippen LogP contribution is 2.20. The first-order chi connectivity index (χ1) is 11.3. The first-order valence-corrected chi connectivity index (χ1v) is 9.23. The van der Waals surface area contributed by atoms with E-state index in [1.165, 1.54) is 25.3 Å². The Morgan fingerprint density at radius 2 is 2.08 bits per heavy atom. The number of esters is 1. The molecule has 1 aliphatic heterocycles. The molecule has 2 rings (SSSR count). The highest BCUT2D eigenvalue weighted by atomic mass is 35.5.